The summed E-state index contributed by atoms with van der Waals surface area (Å²) in [4.78, 5) is 12.8. The Morgan fingerprint density at radius 3 is 2.06 bits per heavy atom. The zero-order valence-corrected chi connectivity index (χ0v) is 19.6. The summed E-state index contributed by atoms with van der Waals surface area (Å²) in [7, 11) is 0. The third-order valence-corrected chi connectivity index (χ3v) is 6.26. The van der Waals surface area contributed by atoms with E-state index in [4.69, 9.17) is 9.52 Å². The Bertz CT molecular complexity index is 1100. The number of phenols is 1. The molecule has 0 aliphatic rings. The lowest BCUT2D eigenvalue weighted by atomic mass is 10.0. The Labute approximate surface area is 195 Å². The molecule has 0 unspecified atom stereocenters. The van der Waals surface area contributed by atoms with E-state index in [2.05, 4.69) is 0 Å². The van der Waals surface area contributed by atoms with E-state index in [0.29, 0.717) is 28.7 Å². The molecule has 0 aliphatic carbocycles. The third-order valence-electron chi connectivity index (χ3n) is 6.26. The molecule has 0 atom stereocenters. The molecule has 0 aliphatic heterocycles. The van der Waals surface area contributed by atoms with E-state index in [9.17, 15) is 15.0 Å². The smallest absolute Gasteiger partial charge is 0.235 e. The van der Waals surface area contributed by atoms with Crippen molar-refractivity contribution in [1.29, 1.82) is 0 Å². The van der Waals surface area contributed by atoms with Crippen molar-refractivity contribution in [3.8, 4) is 22.8 Å². The lowest BCUT2D eigenvalue weighted by molar-refractivity contribution is 0.282. The lowest BCUT2D eigenvalue weighted by Gasteiger charge is -2.09. The van der Waals surface area contributed by atoms with Gasteiger partial charge in [-0.2, -0.15) is 0 Å². The van der Waals surface area contributed by atoms with Crippen molar-refractivity contribution in [3.05, 3.63) is 57.7 Å². The number of aliphatic hydroxyl groups excluding tert-OH is 1. The molecule has 3 rings (SSSR count). The second kappa shape index (κ2) is 12.4. The molecule has 3 aromatic rings. The van der Waals surface area contributed by atoms with Crippen LogP contribution in [0.3, 0.4) is 0 Å². The number of benzene rings is 2. The predicted molar refractivity (Wildman–Crippen MR) is 133 cm³/mol. The summed E-state index contributed by atoms with van der Waals surface area (Å²) in [6, 6.07) is 10.5. The summed E-state index contributed by atoms with van der Waals surface area (Å²) >= 11 is 0. The topological polar surface area (TPSA) is 90.9 Å². The van der Waals surface area contributed by atoms with Gasteiger partial charge in [0, 0.05) is 12.2 Å². The van der Waals surface area contributed by atoms with Gasteiger partial charge in [-0.1, -0.05) is 57.4 Å². The molecule has 0 radical (unpaired) electrons. The number of aryl methyl sites for hydroxylation is 2. The van der Waals surface area contributed by atoms with E-state index in [1.54, 1.807) is 25.1 Å². The normalized spacial score (nSPS) is 11.3. The van der Waals surface area contributed by atoms with Crippen molar-refractivity contribution in [1.82, 2.24) is 0 Å². The minimum absolute atomic E-state index is 0.122. The third kappa shape index (κ3) is 6.84. The highest BCUT2D eigenvalue weighted by Gasteiger charge is 2.16. The van der Waals surface area contributed by atoms with Crippen molar-refractivity contribution >= 4 is 11.0 Å². The quantitative estimate of drug-likeness (QED) is 0.254. The lowest BCUT2D eigenvalue weighted by Crippen LogP contribution is -2.03. The molecule has 5 heteroatoms. The molecule has 5 nitrogen and oxygen atoms in total. The van der Waals surface area contributed by atoms with Gasteiger partial charge in [0.2, 0.25) is 11.2 Å². The number of aromatic hydroxyl groups is 2. The average molecular weight is 453 g/mol. The molecule has 2 aromatic carbocycles. The highest BCUT2D eigenvalue weighted by Crippen LogP contribution is 2.32. The van der Waals surface area contributed by atoms with Crippen molar-refractivity contribution in [2.45, 2.75) is 77.6 Å². The molecule has 0 spiro atoms. The first-order valence-electron chi connectivity index (χ1n) is 12.2. The van der Waals surface area contributed by atoms with Crippen LogP contribution in [0.5, 0.6) is 11.5 Å². The molecule has 178 valence electrons. The molecule has 0 saturated carbocycles. The highest BCUT2D eigenvalue weighted by molar-refractivity contribution is 5.82. The fourth-order valence-electron chi connectivity index (χ4n) is 4.24. The van der Waals surface area contributed by atoms with Crippen LogP contribution in [-0.4, -0.2) is 21.9 Å². The molecule has 0 saturated heterocycles. The maximum Gasteiger partial charge on any atom is 0.235 e. The molecule has 3 N–H and O–H groups in total. The summed E-state index contributed by atoms with van der Waals surface area (Å²) in [6.45, 7) is 2.06. The van der Waals surface area contributed by atoms with Gasteiger partial charge in [0.1, 0.15) is 11.3 Å². The van der Waals surface area contributed by atoms with Crippen LogP contribution in [0.2, 0.25) is 0 Å². The van der Waals surface area contributed by atoms with Crippen LogP contribution < -0.4 is 5.43 Å². The van der Waals surface area contributed by atoms with Gasteiger partial charge in [-0.15, -0.1) is 0 Å². The van der Waals surface area contributed by atoms with Crippen LogP contribution in [0, 0.1) is 6.92 Å². The Morgan fingerprint density at radius 2 is 1.42 bits per heavy atom. The summed E-state index contributed by atoms with van der Waals surface area (Å²) < 4.78 is 5.88. The van der Waals surface area contributed by atoms with Gasteiger partial charge in [0.05, 0.1) is 5.39 Å². The summed E-state index contributed by atoms with van der Waals surface area (Å²) in [6.07, 6.45) is 12.7. The minimum Gasteiger partial charge on any atom is -0.508 e. The van der Waals surface area contributed by atoms with E-state index in [1.807, 2.05) is 12.1 Å². The second-order valence-electron chi connectivity index (χ2n) is 8.95. The van der Waals surface area contributed by atoms with E-state index in [0.717, 1.165) is 31.2 Å². The monoisotopic (exact) mass is 452 g/mol. The number of aliphatic hydroxyl groups is 1. The Morgan fingerprint density at radius 1 is 0.788 bits per heavy atom. The molecular weight excluding hydrogens is 416 g/mol. The Hall–Kier alpha value is -2.79. The minimum atomic E-state index is -0.433. The van der Waals surface area contributed by atoms with Crippen LogP contribution in [0.25, 0.3) is 22.3 Å². The number of unbranched alkanes of at least 4 members (excludes halogenated alkanes) is 9. The number of hydrogen-bond acceptors (Lipinski definition) is 5. The SMILES string of the molecule is Cc1cc(-c2oc3ccc(CCCCCCCCCCCCO)cc3c(=O)c2O)ccc1O. The average Bonchev–Trinajstić information content (AvgIpc) is 2.82. The van der Waals surface area contributed by atoms with Crippen LogP contribution >= 0.6 is 0 Å². The molecule has 33 heavy (non-hydrogen) atoms. The molecule has 1 aromatic heterocycles. The van der Waals surface area contributed by atoms with E-state index >= 15 is 0 Å². The number of fused-ring (bicyclic) bond motifs is 1. The first-order chi connectivity index (χ1) is 16.0. The highest BCUT2D eigenvalue weighted by atomic mass is 16.4. The van der Waals surface area contributed by atoms with Crippen molar-refractivity contribution in [2.24, 2.45) is 0 Å². The van der Waals surface area contributed by atoms with Gasteiger partial charge < -0.3 is 19.7 Å². The molecular formula is C28H36O5. The van der Waals surface area contributed by atoms with Crippen LogP contribution in [0.15, 0.2) is 45.6 Å². The molecule has 0 amide bonds. The van der Waals surface area contributed by atoms with Crippen molar-refractivity contribution in [3.63, 3.8) is 0 Å². The van der Waals surface area contributed by atoms with Crippen LogP contribution in [0.4, 0.5) is 0 Å². The van der Waals surface area contributed by atoms with E-state index in [1.165, 1.54) is 51.0 Å². The largest absolute Gasteiger partial charge is 0.508 e. The van der Waals surface area contributed by atoms with Gasteiger partial charge in [-0.05, 0) is 67.6 Å². The van der Waals surface area contributed by atoms with Crippen LogP contribution in [0.1, 0.15) is 75.3 Å². The Kier molecular flexibility index (Phi) is 9.37. The van der Waals surface area contributed by atoms with Crippen LogP contribution in [-0.2, 0) is 6.42 Å². The summed E-state index contributed by atoms with van der Waals surface area (Å²) in [5.41, 5.74) is 2.28. The van der Waals surface area contributed by atoms with E-state index < -0.39 is 11.2 Å². The Balaban J connectivity index is 1.53. The second-order valence-corrected chi connectivity index (χ2v) is 8.95. The number of rotatable bonds is 13. The van der Waals surface area contributed by atoms with Gasteiger partial charge in [-0.25, -0.2) is 0 Å². The zero-order chi connectivity index (χ0) is 23.6. The van der Waals surface area contributed by atoms with Crippen molar-refractivity contribution < 1.29 is 19.7 Å². The van der Waals surface area contributed by atoms with Gasteiger partial charge in [0.25, 0.3) is 0 Å². The maximum absolute atomic E-state index is 12.8. The fraction of sp³-hybridized carbons (Fsp3) is 0.464. The summed E-state index contributed by atoms with van der Waals surface area (Å²) in [5, 5.41) is 29.4. The predicted octanol–water partition coefficient (Wildman–Crippen LogP) is 6.62. The molecule has 1 heterocycles. The van der Waals surface area contributed by atoms with Gasteiger partial charge in [-0.3, -0.25) is 4.79 Å². The maximum atomic E-state index is 12.8. The fourth-order valence-corrected chi connectivity index (χ4v) is 4.24. The molecule has 0 fully saturated rings. The van der Waals surface area contributed by atoms with Gasteiger partial charge in [0.15, 0.2) is 5.76 Å². The first kappa shape index (κ1) is 24.8. The standard InChI is InChI=1S/C28H36O5/c1-20-18-22(14-15-24(20)30)28-27(32)26(31)23-19-21(13-16-25(23)33-28)12-10-8-6-4-2-3-5-7-9-11-17-29/h13-16,18-19,29-30,32H,2-12,17H2,1H3. The first-order valence-corrected chi connectivity index (χ1v) is 12.2. The number of phenolic OH excluding ortho intramolecular Hbond substituents is 1. The van der Waals surface area contributed by atoms with Crippen molar-refractivity contribution in [2.75, 3.05) is 6.61 Å². The molecule has 0 bridgehead atoms. The zero-order valence-electron chi connectivity index (χ0n) is 19.6. The van der Waals surface area contributed by atoms with E-state index in [-0.39, 0.29) is 11.5 Å². The summed E-state index contributed by atoms with van der Waals surface area (Å²) in [5.74, 6) is -0.127. The van der Waals surface area contributed by atoms with Gasteiger partial charge >= 0.3 is 0 Å². The number of hydrogen-bond donors (Lipinski definition) is 3.